The molecule has 1 N–H and O–H groups in total. The topological polar surface area (TPSA) is 101 Å². The maximum atomic E-state index is 13.6. The molecule has 1 fully saturated rings. The molecule has 31 heavy (non-hydrogen) atoms. The van der Waals surface area contributed by atoms with Gasteiger partial charge in [-0.1, -0.05) is 22.4 Å². The number of piperazine rings is 1. The number of rotatable bonds is 8. The minimum atomic E-state index is -0.695. The second kappa shape index (κ2) is 9.54. The van der Waals surface area contributed by atoms with Crippen LogP contribution in [0.25, 0.3) is 11.4 Å². The first-order valence-corrected chi connectivity index (χ1v) is 10.3. The van der Waals surface area contributed by atoms with Crippen molar-refractivity contribution in [3.63, 3.8) is 0 Å². The van der Waals surface area contributed by atoms with Crippen LogP contribution in [-0.4, -0.2) is 75.6 Å². The molecule has 9 nitrogen and oxygen atoms in total. The lowest BCUT2D eigenvalue weighted by Gasteiger charge is -2.34. The van der Waals surface area contributed by atoms with Crippen molar-refractivity contribution in [3.05, 3.63) is 47.4 Å². The number of hydrogen-bond acceptors (Lipinski definition) is 9. The Kier molecular flexibility index (Phi) is 6.59. The molecule has 1 unspecified atom stereocenters. The molecule has 1 aliphatic rings. The number of hydrogen-bond donors (Lipinski definition) is 1. The fourth-order valence-corrected chi connectivity index (χ4v) is 3.64. The van der Waals surface area contributed by atoms with Crippen molar-refractivity contribution in [3.8, 4) is 17.1 Å². The Bertz CT molecular complexity index is 980. The molecule has 4 rings (SSSR count). The van der Waals surface area contributed by atoms with E-state index in [1.807, 2.05) is 13.8 Å². The summed E-state index contributed by atoms with van der Waals surface area (Å²) in [4.78, 5) is 8.86. The lowest BCUT2D eigenvalue weighted by atomic mass is 10.2. The van der Waals surface area contributed by atoms with Crippen LogP contribution < -0.4 is 4.74 Å². The minimum Gasteiger partial charge on any atom is -0.488 e. The second-order valence-electron chi connectivity index (χ2n) is 7.68. The maximum absolute atomic E-state index is 13.6. The molecule has 0 aliphatic carbocycles. The Hall–Kier alpha value is -2.82. The van der Waals surface area contributed by atoms with Gasteiger partial charge in [0.25, 0.3) is 0 Å². The van der Waals surface area contributed by atoms with Crippen molar-refractivity contribution < 1.29 is 23.3 Å². The van der Waals surface area contributed by atoms with E-state index in [0.29, 0.717) is 30.6 Å². The number of aryl methyl sites for hydroxylation is 2. The van der Waals surface area contributed by atoms with Crippen LogP contribution in [0.5, 0.6) is 5.75 Å². The summed E-state index contributed by atoms with van der Waals surface area (Å²) in [5.74, 6) is 1.42. The van der Waals surface area contributed by atoms with Gasteiger partial charge in [0.05, 0.1) is 17.8 Å². The molecule has 0 saturated carbocycles. The maximum Gasteiger partial charge on any atom is 0.241 e. The van der Waals surface area contributed by atoms with E-state index in [9.17, 15) is 9.50 Å². The van der Waals surface area contributed by atoms with Gasteiger partial charge in [0.15, 0.2) is 11.6 Å². The minimum absolute atomic E-state index is 0.0492. The number of β-amino-alcohol motifs (C(OH)–C–C–N with tert-alkyl or cyclic N) is 1. The highest BCUT2D eigenvalue weighted by atomic mass is 19.1. The Balaban J connectivity index is 1.22. The SMILES string of the molecule is Cc1noc(C)c1-c1noc(CN2CCN(CC(O)COc3ccccc3F)CC2)n1. The molecule has 2 aromatic heterocycles. The van der Waals surface area contributed by atoms with Crippen LogP contribution >= 0.6 is 0 Å². The van der Waals surface area contributed by atoms with Crippen LogP contribution in [0.1, 0.15) is 17.3 Å². The van der Waals surface area contributed by atoms with Gasteiger partial charge in [0, 0.05) is 32.7 Å². The van der Waals surface area contributed by atoms with Crippen molar-refractivity contribution in [2.45, 2.75) is 26.5 Å². The van der Waals surface area contributed by atoms with E-state index in [2.05, 4.69) is 25.1 Å². The van der Waals surface area contributed by atoms with Gasteiger partial charge in [-0.3, -0.25) is 9.80 Å². The van der Waals surface area contributed by atoms with Crippen LogP contribution in [0.3, 0.4) is 0 Å². The molecular formula is C21H26FN5O4. The van der Waals surface area contributed by atoms with Gasteiger partial charge in [0.2, 0.25) is 11.7 Å². The quantitative estimate of drug-likeness (QED) is 0.574. The van der Waals surface area contributed by atoms with Crippen LogP contribution in [0.15, 0.2) is 33.3 Å². The lowest BCUT2D eigenvalue weighted by Crippen LogP contribution is -2.48. The highest BCUT2D eigenvalue weighted by Crippen LogP contribution is 2.24. The molecule has 0 spiro atoms. The molecule has 1 aliphatic heterocycles. The summed E-state index contributed by atoms with van der Waals surface area (Å²) in [7, 11) is 0. The monoisotopic (exact) mass is 431 g/mol. The van der Waals surface area contributed by atoms with Crippen LogP contribution in [-0.2, 0) is 6.54 Å². The predicted molar refractivity (Wildman–Crippen MR) is 109 cm³/mol. The third kappa shape index (κ3) is 5.27. The number of aromatic nitrogens is 3. The molecule has 1 saturated heterocycles. The number of halogens is 1. The fourth-order valence-electron chi connectivity index (χ4n) is 3.64. The average molecular weight is 431 g/mol. The number of aliphatic hydroxyl groups excluding tert-OH is 1. The van der Waals surface area contributed by atoms with E-state index in [1.165, 1.54) is 6.07 Å². The van der Waals surface area contributed by atoms with E-state index < -0.39 is 11.9 Å². The van der Waals surface area contributed by atoms with Crippen molar-refractivity contribution in [1.29, 1.82) is 0 Å². The smallest absolute Gasteiger partial charge is 0.241 e. The van der Waals surface area contributed by atoms with E-state index in [4.69, 9.17) is 13.8 Å². The molecule has 166 valence electrons. The molecule has 10 heteroatoms. The predicted octanol–water partition coefficient (Wildman–Crippen LogP) is 2.04. The Morgan fingerprint density at radius 3 is 2.55 bits per heavy atom. The lowest BCUT2D eigenvalue weighted by molar-refractivity contribution is 0.0418. The zero-order valence-electron chi connectivity index (χ0n) is 17.6. The summed E-state index contributed by atoms with van der Waals surface area (Å²) >= 11 is 0. The number of nitrogens with zero attached hydrogens (tertiary/aromatic N) is 5. The summed E-state index contributed by atoms with van der Waals surface area (Å²) in [5.41, 5.74) is 1.50. The van der Waals surface area contributed by atoms with Gasteiger partial charge in [-0.2, -0.15) is 4.98 Å². The molecule has 0 radical (unpaired) electrons. The summed E-state index contributed by atoms with van der Waals surface area (Å²) in [6.07, 6.45) is -0.695. The largest absolute Gasteiger partial charge is 0.488 e. The summed E-state index contributed by atoms with van der Waals surface area (Å²) in [6, 6.07) is 6.19. The van der Waals surface area contributed by atoms with Gasteiger partial charge < -0.3 is 18.9 Å². The van der Waals surface area contributed by atoms with E-state index in [0.717, 1.165) is 37.4 Å². The van der Waals surface area contributed by atoms with E-state index >= 15 is 0 Å². The molecule has 1 atom stereocenters. The number of benzene rings is 1. The Labute approximate surface area is 179 Å². The Morgan fingerprint density at radius 2 is 1.84 bits per heavy atom. The number of aliphatic hydroxyl groups is 1. The molecule has 0 bridgehead atoms. The Morgan fingerprint density at radius 1 is 1.10 bits per heavy atom. The van der Waals surface area contributed by atoms with Crippen molar-refractivity contribution in [2.24, 2.45) is 0 Å². The summed E-state index contributed by atoms with van der Waals surface area (Å²) < 4.78 is 29.6. The van der Waals surface area contributed by atoms with E-state index in [-0.39, 0.29) is 12.4 Å². The van der Waals surface area contributed by atoms with Gasteiger partial charge in [0.1, 0.15) is 18.5 Å². The number of ether oxygens (including phenoxy) is 1. The highest BCUT2D eigenvalue weighted by Gasteiger charge is 2.23. The average Bonchev–Trinajstić information content (AvgIpc) is 3.34. The van der Waals surface area contributed by atoms with Gasteiger partial charge in [-0.05, 0) is 26.0 Å². The van der Waals surface area contributed by atoms with Crippen molar-refractivity contribution in [2.75, 3.05) is 39.3 Å². The van der Waals surface area contributed by atoms with Gasteiger partial charge in [-0.15, -0.1) is 0 Å². The van der Waals surface area contributed by atoms with Crippen molar-refractivity contribution in [1.82, 2.24) is 25.1 Å². The van der Waals surface area contributed by atoms with Crippen LogP contribution in [0.4, 0.5) is 4.39 Å². The third-order valence-electron chi connectivity index (χ3n) is 5.29. The number of para-hydroxylation sites is 1. The van der Waals surface area contributed by atoms with Gasteiger partial charge in [-0.25, -0.2) is 4.39 Å². The van der Waals surface area contributed by atoms with Crippen molar-refractivity contribution >= 4 is 0 Å². The first-order chi connectivity index (χ1) is 15.0. The zero-order chi connectivity index (χ0) is 21.8. The summed E-state index contributed by atoms with van der Waals surface area (Å²) in [6.45, 7) is 7.95. The molecule has 3 heterocycles. The van der Waals surface area contributed by atoms with Gasteiger partial charge >= 0.3 is 0 Å². The first-order valence-electron chi connectivity index (χ1n) is 10.3. The van der Waals surface area contributed by atoms with E-state index in [1.54, 1.807) is 18.2 Å². The summed E-state index contributed by atoms with van der Waals surface area (Å²) in [5, 5.41) is 18.2. The first kappa shape index (κ1) is 21.4. The van der Waals surface area contributed by atoms with Crippen LogP contribution in [0.2, 0.25) is 0 Å². The molecule has 1 aromatic carbocycles. The zero-order valence-corrected chi connectivity index (χ0v) is 17.6. The fraction of sp³-hybridized carbons (Fsp3) is 0.476. The third-order valence-corrected chi connectivity index (χ3v) is 5.29. The highest BCUT2D eigenvalue weighted by molar-refractivity contribution is 5.59. The normalized spacial score (nSPS) is 16.5. The second-order valence-corrected chi connectivity index (χ2v) is 7.68. The molecule has 0 amide bonds. The molecule has 3 aromatic rings. The standard InChI is InChI=1S/C21H26FN5O4/c1-14-20(15(2)30-24-14)21-23-19(31-25-21)12-27-9-7-26(8-10-27)11-16(28)13-29-18-6-4-3-5-17(18)22/h3-6,16,28H,7-13H2,1-2H3. The van der Waals surface area contributed by atoms with Crippen LogP contribution in [0, 0.1) is 19.7 Å². The molecular weight excluding hydrogens is 405 g/mol.